The number of carbonyl (C=O) groups is 8. The van der Waals surface area contributed by atoms with Gasteiger partial charge in [-0.05, 0) is 11.8 Å². The molecule has 0 aliphatic carbocycles. The first-order chi connectivity index (χ1) is 25.4. The van der Waals surface area contributed by atoms with Crippen molar-refractivity contribution in [3.63, 3.8) is 0 Å². The molecule has 0 aromatic rings. The van der Waals surface area contributed by atoms with Crippen LogP contribution in [-0.2, 0) is 95.2 Å². The van der Waals surface area contributed by atoms with E-state index in [0.29, 0.717) is 0 Å². The van der Waals surface area contributed by atoms with Crippen LogP contribution in [-0.4, -0.2) is 136 Å². The van der Waals surface area contributed by atoms with Crippen LogP contribution in [0, 0.1) is 23.7 Å². The SMILES string of the molecule is CC(=O)OC[C@H]1O[C@H](OCC#CC#CCO[C@H]2O[C@H](COC(C)=O)[C@H](OC(C)=O)[C@H](OC(C)=O)[C@H]2OC(C)=O)[C@H](OC(C)=O)[C@@H](OC(C)=O)[C@H]1OC(C)=O. The molecule has 0 bridgehead atoms. The highest BCUT2D eigenvalue weighted by Crippen LogP contribution is 2.31. The van der Waals surface area contributed by atoms with Crippen molar-refractivity contribution in [3.05, 3.63) is 0 Å². The van der Waals surface area contributed by atoms with Crippen molar-refractivity contribution in [2.24, 2.45) is 0 Å². The fraction of sp³-hybridized carbons (Fsp3) is 0.647. The van der Waals surface area contributed by atoms with Gasteiger partial charge in [-0.15, -0.1) is 0 Å². The second-order valence-electron chi connectivity index (χ2n) is 11.4. The fourth-order valence-electron chi connectivity index (χ4n) is 5.05. The molecule has 0 N–H and O–H groups in total. The van der Waals surface area contributed by atoms with Crippen LogP contribution >= 0.6 is 0 Å². The summed E-state index contributed by atoms with van der Waals surface area (Å²) >= 11 is 0. The Morgan fingerprint density at radius 2 is 0.685 bits per heavy atom. The van der Waals surface area contributed by atoms with E-state index in [2.05, 4.69) is 23.7 Å². The molecule has 2 saturated heterocycles. The summed E-state index contributed by atoms with van der Waals surface area (Å²) in [6, 6.07) is 0. The third-order valence-electron chi connectivity index (χ3n) is 6.78. The molecule has 2 rings (SSSR count). The normalized spacial score (nSPS) is 27.1. The molecule has 0 aromatic heterocycles. The van der Waals surface area contributed by atoms with E-state index in [9.17, 15) is 38.4 Å². The van der Waals surface area contributed by atoms with Gasteiger partial charge in [-0.3, -0.25) is 38.4 Å². The van der Waals surface area contributed by atoms with Gasteiger partial charge in [0.2, 0.25) is 0 Å². The Bertz CT molecular complexity index is 1400. The second-order valence-corrected chi connectivity index (χ2v) is 11.4. The standard InChI is InChI=1S/C34H42O20/c1-17(35)45-15-25-27(47-19(3)37)29(49-21(5)39)31(51-23(7)41)33(53-25)43-13-11-9-10-12-14-44-34-32(52-24(8)42)30(50-22(6)40)28(48-20(4)38)26(54-34)16-46-18(2)36/h25-34H,13-16H2,1-8H3/t25-,26-,27+,28+,29+,30+,31-,32-,33+,34+/m1/s1. The van der Waals surface area contributed by atoms with Gasteiger partial charge in [0.15, 0.2) is 49.2 Å². The minimum atomic E-state index is -1.46. The Hall–Kier alpha value is -5.28. The Kier molecular flexibility index (Phi) is 18.3. The van der Waals surface area contributed by atoms with Gasteiger partial charge in [-0.25, -0.2) is 0 Å². The van der Waals surface area contributed by atoms with Crippen molar-refractivity contribution < 1.29 is 95.2 Å². The molecule has 54 heavy (non-hydrogen) atoms. The largest absolute Gasteiger partial charge is 0.463 e. The average molecular weight is 771 g/mol. The summed E-state index contributed by atoms with van der Waals surface area (Å²) < 4.78 is 64.9. The number of carbonyl (C=O) groups excluding carboxylic acids is 8. The van der Waals surface area contributed by atoms with Crippen LogP contribution in [0.4, 0.5) is 0 Å². The minimum Gasteiger partial charge on any atom is -0.463 e. The van der Waals surface area contributed by atoms with Gasteiger partial charge < -0.3 is 56.8 Å². The van der Waals surface area contributed by atoms with Gasteiger partial charge in [0.25, 0.3) is 0 Å². The third kappa shape index (κ3) is 15.4. The molecule has 0 aromatic carbocycles. The molecule has 0 unspecified atom stereocenters. The van der Waals surface area contributed by atoms with Crippen molar-refractivity contribution in [1.82, 2.24) is 0 Å². The first-order valence-electron chi connectivity index (χ1n) is 16.2. The van der Waals surface area contributed by atoms with Gasteiger partial charge in [0, 0.05) is 55.4 Å². The zero-order chi connectivity index (χ0) is 40.5. The van der Waals surface area contributed by atoms with Crippen LogP contribution in [0.15, 0.2) is 0 Å². The van der Waals surface area contributed by atoms with Crippen molar-refractivity contribution >= 4 is 47.8 Å². The van der Waals surface area contributed by atoms with Crippen molar-refractivity contribution in [2.75, 3.05) is 26.4 Å². The highest BCUT2D eigenvalue weighted by molar-refractivity contribution is 5.70. The number of rotatable bonds is 14. The van der Waals surface area contributed by atoms with E-state index in [1.165, 1.54) is 0 Å². The lowest BCUT2D eigenvalue weighted by molar-refractivity contribution is -0.305. The molecule has 2 fully saturated rings. The molecule has 2 aliphatic heterocycles. The monoisotopic (exact) mass is 770 g/mol. The lowest BCUT2D eigenvalue weighted by atomic mass is 9.98. The van der Waals surface area contributed by atoms with Crippen molar-refractivity contribution in [2.45, 2.75) is 117 Å². The highest BCUT2D eigenvalue weighted by Gasteiger charge is 2.54. The Balaban J connectivity index is 2.24. The molecule has 10 atom stereocenters. The molecule has 0 radical (unpaired) electrons. The van der Waals surface area contributed by atoms with E-state index in [4.69, 9.17) is 56.8 Å². The molecule has 0 saturated carbocycles. The predicted octanol–water partition coefficient (Wildman–Crippen LogP) is -0.807. The van der Waals surface area contributed by atoms with Crippen LogP contribution in [0.3, 0.4) is 0 Å². The molecule has 0 spiro atoms. The summed E-state index contributed by atoms with van der Waals surface area (Å²) in [4.78, 5) is 94.7. The van der Waals surface area contributed by atoms with Gasteiger partial charge in [-0.1, -0.05) is 11.8 Å². The minimum absolute atomic E-state index is 0.400. The lowest BCUT2D eigenvalue weighted by Crippen LogP contribution is -2.63. The summed E-state index contributed by atoms with van der Waals surface area (Å²) in [6.45, 7) is 7.04. The summed E-state index contributed by atoms with van der Waals surface area (Å²) in [5.41, 5.74) is 0. The highest BCUT2D eigenvalue weighted by atomic mass is 16.7. The maximum absolute atomic E-state index is 12.0. The maximum atomic E-state index is 12.0. The smallest absolute Gasteiger partial charge is 0.303 e. The summed E-state index contributed by atoms with van der Waals surface area (Å²) in [6.07, 6.45) is -13.9. The van der Waals surface area contributed by atoms with Gasteiger partial charge in [-0.2, -0.15) is 0 Å². The number of hydrogen-bond donors (Lipinski definition) is 0. The van der Waals surface area contributed by atoms with Gasteiger partial charge >= 0.3 is 47.8 Å². The molecule has 0 amide bonds. The second kappa shape index (κ2) is 22.1. The number of esters is 8. The quantitative estimate of drug-likeness (QED) is 0.119. The molecule has 20 heteroatoms. The lowest BCUT2D eigenvalue weighted by Gasteiger charge is -2.43. The average Bonchev–Trinajstić information content (AvgIpc) is 3.04. The zero-order valence-electron chi connectivity index (χ0n) is 30.8. The fourth-order valence-corrected chi connectivity index (χ4v) is 5.05. The topological polar surface area (TPSA) is 247 Å². The van der Waals surface area contributed by atoms with E-state index in [-0.39, 0.29) is 0 Å². The van der Waals surface area contributed by atoms with Crippen molar-refractivity contribution in [3.8, 4) is 23.7 Å². The molecule has 2 heterocycles. The Morgan fingerprint density at radius 3 is 0.963 bits per heavy atom. The van der Waals surface area contributed by atoms with E-state index in [1.807, 2.05) is 0 Å². The van der Waals surface area contributed by atoms with Crippen LogP contribution in [0.5, 0.6) is 0 Å². The molecular weight excluding hydrogens is 728 g/mol. The first kappa shape index (κ1) is 44.9. The molecule has 2 aliphatic rings. The van der Waals surface area contributed by atoms with E-state index in [1.54, 1.807) is 0 Å². The summed E-state index contributed by atoms with van der Waals surface area (Å²) in [7, 11) is 0. The van der Waals surface area contributed by atoms with E-state index < -0.39 is 136 Å². The summed E-state index contributed by atoms with van der Waals surface area (Å²) in [5.74, 6) is 3.88. The maximum Gasteiger partial charge on any atom is 0.303 e. The van der Waals surface area contributed by atoms with Crippen molar-refractivity contribution in [1.29, 1.82) is 0 Å². The van der Waals surface area contributed by atoms with E-state index in [0.717, 1.165) is 55.4 Å². The van der Waals surface area contributed by atoms with Crippen LogP contribution < -0.4 is 0 Å². The van der Waals surface area contributed by atoms with Crippen LogP contribution in [0.25, 0.3) is 0 Å². The molecular formula is C34H42O20. The predicted molar refractivity (Wildman–Crippen MR) is 171 cm³/mol. The van der Waals surface area contributed by atoms with Gasteiger partial charge in [0.05, 0.1) is 0 Å². The third-order valence-corrected chi connectivity index (χ3v) is 6.78. The van der Waals surface area contributed by atoms with Gasteiger partial charge in [0.1, 0.15) is 38.6 Å². The van der Waals surface area contributed by atoms with Crippen LogP contribution in [0.2, 0.25) is 0 Å². The van der Waals surface area contributed by atoms with E-state index >= 15 is 0 Å². The first-order valence-corrected chi connectivity index (χ1v) is 16.2. The summed E-state index contributed by atoms with van der Waals surface area (Å²) in [5, 5.41) is 0. The zero-order valence-corrected chi connectivity index (χ0v) is 30.8. The molecule has 20 nitrogen and oxygen atoms in total. The molecule has 298 valence electrons. The number of ether oxygens (including phenoxy) is 12. The Morgan fingerprint density at radius 1 is 0.407 bits per heavy atom. The Labute approximate surface area is 309 Å². The van der Waals surface area contributed by atoms with Crippen LogP contribution in [0.1, 0.15) is 55.4 Å². The number of hydrogen-bond acceptors (Lipinski definition) is 20.